The van der Waals surface area contributed by atoms with E-state index in [9.17, 15) is 14.0 Å². The van der Waals surface area contributed by atoms with Crippen molar-refractivity contribution in [1.82, 2.24) is 0 Å². The third-order valence-electron chi connectivity index (χ3n) is 5.49. The van der Waals surface area contributed by atoms with Gasteiger partial charge in [0.2, 0.25) is 0 Å². The van der Waals surface area contributed by atoms with Crippen LogP contribution in [0.25, 0.3) is 5.57 Å². The molecule has 168 valence electrons. The lowest BCUT2D eigenvalue weighted by Crippen LogP contribution is -2.32. The highest BCUT2D eigenvalue weighted by Crippen LogP contribution is 2.37. The molecule has 33 heavy (non-hydrogen) atoms. The van der Waals surface area contributed by atoms with Gasteiger partial charge in [0.25, 0.3) is 11.8 Å². The number of hydrogen-bond donors (Lipinski definition) is 1. The molecule has 3 aromatic rings. The van der Waals surface area contributed by atoms with E-state index >= 15 is 0 Å². The molecule has 0 saturated carbocycles. The summed E-state index contributed by atoms with van der Waals surface area (Å²) in [5.41, 5.74) is 3.60. The van der Waals surface area contributed by atoms with Gasteiger partial charge in [-0.05, 0) is 61.4 Å². The van der Waals surface area contributed by atoms with Crippen LogP contribution in [0.2, 0.25) is 0 Å². The number of aryl methyl sites for hydroxylation is 2. The molecule has 6 nitrogen and oxygen atoms in total. The molecule has 0 saturated heterocycles. The molecule has 7 heteroatoms. The van der Waals surface area contributed by atoms with Crippen molar-refractivity contribution in [2.24, 2.45) is 0 Å². The number of halogens is 1. The van der Waals surface area contributed by atoms with E-state index in [0.717, 1.165) is 16.0 Å². The van der Waals surface area contributed by atoms with Crippen LogP contribution in [0.15, 0.2) is 66.4 Å². The highest BCUT2D eigenvalue weighted by atomic mass is 19.1. The number of hydrogen-bond acceptors (Lipinski definition) is 5. The van der Waals surface area contributed by atoms with E-state index in [1.807, 2.05) is 32.0 Å². The summed E-state index contributed by atoms with van der Waals surface area (Å²) < 4.78 is 24.2. The number of carbonyl (C=O) groups excluding carboxylic acids is 2. The van der Waals surface area contributed by atoms with Gasteiger partial charge in [0.05, 0.1) is 31.2 Å². The van der Waals surface area contributed by atoms with Crippen LogP contribution in [0, 0.1) is 19.7 Å². The lowest BCUT2D eigenvalue weighted by atomic mass is 9.97. The molecule has 3 aromatic carbocycles. The number of methoxy groups -OCH3 is 2. The highest BCUT2D eigenvalue weighted by Gasteiger charge is 2.41. The predicted octanol–water partition coefficient (Wildman–Crippen LogP) is 4.86. The lowest BCUT2D eigenvalue weighted by molar-refractivity contribution is -0.120. The lowest BCUT2D eigenvalue weighted by Gasteiger charge is -2.16. The topological polar surface area (TPSA) is 67.9 Å². The summed E-state index contributed by atoms with van der Waals surface area (Å²) in [5.74, 6) is -0.475. The van der Waals surface area contributed by atoms with Crippen LogP contribution in [0.1, 0.15) is 16.7 Å². The van der Waals surface area contributed by atoms with Crippen LogP contribution in [0.4, 0.5) is 15.8 Å². The Morgan fingerprint density at radius 3 is 2.21 bits per heavy atom. The zero-order chi connectivity index (χ0) is 23.7. The zero-order valence-corrected chi connectivity index (χ0v) is 18.7. The van der Waals surface area contributed by atoms with Crippen LogP contribution in [-0.2, 0) is 9.59 Å². The zero-order valence-electron chi connectivity index (χ0n) is 18.7. The second-order valence-electron chi connectivity index (χ2n) is 7.68. The Kier molecular flexibility index (Phi) is 5.87. The number of ether oxygens (including phenoxy) is 2. The molecule has 0 aromatic heterocycles. The third-order valence-corrected chi connectivity index (χ3v) is 5.49. The number of nitrogens with zero attached hydrogens (tertiary/aromatic N) is 1. The molecule has 0 atom stereocenters. The van der Waals surface area contributed by atoms with Crippen molar-refractivity contribution < 1.29 is 23.5 Å². The Labute approximate surface area is 191 Å². The van der Waals surface area contributed by atoms with Crippen LogP contribution in [0.5, 0.6) is 11.5 Å². The summed E-state index contributed by atoms with van der Waals surface area (Å²) in [5, 5.41) is 3.11. The first-order valence-electron chi connectivity index (χ1n) is 10.3. The molecule has 4 rings (SSSR count). The molecular weight excluding hydrogens is 423 g/mol. The minimum Gasteiger partial charge on any atom is -0.497 e. The molecule has 0 bridgehead atoms. The van der Waals surface area contributed by atoms with Crippen molar-refractivity contribution in [1.29, 1.82) is 0 Å². The summed E-state index contributed by atoms with van der Waals surface area (Å²) in [6, 6.07) is 16.0. The number of anilines is 2. The molecule has 2 amide bonds. The second-order valence-corrected chi connectivity index (χ2v) is 7.68. The van der Waals surface area contributed by atoms with E-state index in [1.165, 1.54) is 38.5 Å². The van der Waals surface area contributed by atoms with Crippen molar-refractivity contribution in [3.05, 3.63) is 88.9 Å². The number of imide groups is 1. The number of amides is 2. The van der Waals surface area contributed by atoms with Gasteiger partial charge in [-0.25, -0.2) is 9.29 Å². The molecule has 1 heterocycles. The number of carbonyl (C=O) groups is 2. The predicted molar refractivity (Wildman–Crippen MR) is 125 cm³/mol. The Morgan fingerprint density at radius 1 is 0.848 bits per heavy atom. The molecule has 0 radical (unpaired) electrons. The van der Waals surface area contributed by atoms with E-state index in [1.54, 1.807) is 18.2 Å². The van der Waals surface area contributed by atoms with Gasteiger partial charge in [0, 0.05) is 6.07 Å². The summed E-state index contributed by atoms with van der Waals surface area (Å²) >= 11 is 0. The Morgan fingerprint density at radius 2 is 1.58 bits per heavy atom. The van der Waals surface area contributed by atoms with Crippen LogP contribution in [-0.4, -0.2) is 26.0 Å². The number of benzene rings is 3. The second kappa shape index (κ2) is 8.78. The third kappa shape index (κ3) is 4.05. The average Bonchev–Trinajstić information content (AvgIpc) is 3.04. The monoisotopic (exact) mass is 446 g/mol. The summed E-state index contributed by atoms with van der Waals surface area (Å²) in [6.07, 6.45) is 0. The van der Waals surface area contributed by atoms with Crippen LogP contribution < -0.4 is 19.7 Å². The smallest absolute Gasteiger partial charge is 0.282 e. The molecule has 0 fully saturated rings. The van der Waals surface area contributed by atoms with Gasteiger partial charge < -0.3 is 14.8 Å². The Balaban J connectivity index is 1.88. The van der Waals surface area contributed by atoms with Crippen molar-refractivity contribution in [2.75, 3.05) is 24.4 Å². The van der Waals surface area contributed by atoms with Crippen molar-refractivity contribution in [2.45, 2.75) is 13.8 Å². The maximum absolute atomic E-state index is 13.6. The summed E-state index contributed by atoms with van der Waals surface area (Å²) in [6.45, 7) is 3.84. The van der Waals surface area contributed by atoms with Crippen LogP contribution in [0.3, 0.4) is 0 Å². The number of rotatable bonds is 6. The highest BCUT2D eigenvalue weighted by molar-refractivity contribution is 6.46. The summed E-state index contributed by atoms with van der Waals surface area (Å²) in [7, 11) is 3.05. The fraction of sp³-hybridized carbons (Fsp3) is 0.154. The Bertz CT molecular complexity index is 1280. The average molecular weight is 446 g/mol. The molecule has 0 spiro atoms. The van der Waals surface area contributed by atoms with Crippen molar-refractivity contribution in [3.8, 4) is 11.5 Å². The SMILES string of the molecule is COc1ccc(OC)c(NC2=C(c3ccc(C)cc3C)C(=O)N(c3ccc(F)cc3)C2=O)c1. The van der Waals surface area contributed by atoms with Crippen molar-refractivity contribution >= 4 is 28.8 Å². The molecular formula is C26H23FN2O4. The van der Waals surface area contributed by atoms with Crippen LogP contribution >= 0.6 is 0 Å². The van der Waals surface area contributed by atoms with Gasteiger partial charge in [0.1, 0.15) is 23.0 Å². The van der Waals surface area contributed by atoms with E-state index < -0.39 is 17.6 Å². The van der Waals surface area contributed by atoms with Crippen molar-refractivity contribution in [3.63, 3.8) is 0 Å². The van der Waals surface area contributed by atoms with Gasteiger partial charge in [-0.3, -0.25) is 9.59 Å². The van der Waals surface area contributed by atoms with E-state index in [0.29, 0.717) is 22.7 Å². The molecule has 1 aliphatic rings. The quantitative estimate of drug-likeness (QED) is 0.548. The molecule has 0 unspecified atom stereocenters. The first kappa shape index (κ1) is 22.1. The van der Waals surface area contributed by atoms with Gasteiger partial charge >= 0.3 is 0 Å². The van der Waals surface area contributed by atoms with E-state index in [4.69, 9.17) is 9.47 Å². The van der Waals surface area contributed by atoms with Gasteiger partial charge in [0.15, 0.2) is 0 Å². The number of nitrogens with one attached hydrogen (secondary N) is 1. The molecule has 1 N–H and O–H groups in total. The standard InChI is InChI=1S/C26H23FN2O4/c1-15-5-11-20(16(2)13-15)23-24(28-21-14-19(32-3)10-12-22(21)33-4)26(31)29(25(23)30)18-8-6-17(27)7-9-18/h5-14,28H,1-4H3. The van der Waals surface area contributed by atoms with Gasteiger partial charge in [-0.2, -0.15) is 0 Å². The largest absolute Gasteiger partial charge is 0.497 e. The maximum atomic E-state index is 13.6. The maximum Gasteiger partial charge on any atom is 0.282 e. The Hall–Kier alpha value is -4.13. The fourth-order valence-corrected chi connectivity index (χ4v) is 3.86. The summed E-state index contributed by atoms with van der Waals surface area (Å²) in [4.78, 5) is 28.2. The minimum absolute atomic E-state index is 0.0998. The first-order valence-corrected chi connectivity index (χ1v) is 10.3. The molecule has 1 aliphatic heterocycles. The van der Waals surface area contributed by atoms with E-state index in [2.05, 4.69) is 5.32 Å². The molecule has 0 aliphatic carbocycles. The van der Waals surface area contributed by atoms with Gasteiger partial charge in [-0.15, -0.1) is 0 Å². The van der Waals surface area contributed by atoms with E-state index in [-0.39, 0.29) is 17.0 Å². The van der Waals surface area contributed by atoms with Gasteiger partial charge in [-0.1, -0.05) is 23.8 Å². The normalized spacial score (nSPS) is 13.5. The first-order chi connectivity index (χ1) is 15.8. The minimum atomic E-state index is -0.550. The fourth-order valence-electron chi connectivity index (χ4n) is 3.86.